The van der Waals surface area contributed by atoms with E-state index in [4.69, 9.17) is 4.42 Å². The lowest BCUT2D eigenvalue weighted by molar-refractivity contribution is 0.269. The summed E-state index contributed by atoms with van der Waals surface area (Å²) in [6, 6.07) is 3.81. The van der Waals surface area contributed by atoms with Crippen molar-refractivity contribution in [3.05, 3.63) is 42.4 Å². The molecular formula is C14H21N3O2S. The molecule has 2 heterocycles. The summed E-state index contributed by atoms with van der Waals surface area (Å²) < 4.78 is 7.51. The van der Waals surface area contributed by atoms with Crippen LogP contribution in [-0.2, 0) is 7.05 Å². The van der Waals surface area contributed by atoms with Gasteiger partial charge in [-0.2, -0.15) is 11.8 Å². The highest BCUT2D eigenvalue weighted by Gasteiger charge is 2.25. The molecule has 3 unspecified atom stereocenters. The van der Waals surface area contributed by atoms with Crippen molar-refractivity contribution in [2.24, 2.45) is 7.05 Å². The number of thioether (sulfide) groups is 1. The number of aliphatic hydroxyl groups excluding tert-OH is 1. The monoisotopic (exact) mass is 295 g/mol. The summed E-state index contributed by atoms with van der Waals surface area (Å²) in [6.45, 7) is 2.21. The van der Waals surface area contributed by atoms with E-state index >= 15 is 0 Å². The van der Waals surface area contributed by atoms with Crippen molar-refractivity contribution in [2.45, 2.75) is 24.3 Å². The Bertz CT molecular complexity index is 508. The average Bonchev–Trinajstić information content (AvgIpc) is 3.09. The topological polar surface area (TPSA) is 63.2 Å². The van der Waals surface area contributed by atoms with Gasteiger partial charge in [-0.05, 0) is 25.3 Å². The molecule has 5 nitrogen and oxygen atoms in total. The number of hydrogen-bond donors (Lipinski definition) is 2. The summed E-state index contributed by atoms with van der Waals surface area (Å²) in [5.41, 5.74) is 0. The number of rotatable bonds is 7. The van der Waals surface area contributed by atoms with E-state index in [1.54, 1.807) is 24.2 Å². The Balaban J connectivity index is 2.23. The maximum atomic E-state index is 9.42. The van der Waals surface area contributed by atoms with Crippen molar-refractivity contribution in [3.63, 3.8) is 0 Å². The van der Waals surface area contributed by atoms with Crippen molar-refractivity contribution >= 4 is 11.8 Å². The Labute approximate surface area is 123 Å². The lowest BCUT2D eigenvalue weighted by atomic mass is 10.1. The van der Waals surface area contributed by atoms with Crippen LogP contribution >= 0.6 is 11.8 Å². The Morgan fingerprint density at radius 3 is 2.85 bits per heavy atom. The van der Waals surface area contributed by atoms with E-state index in [2.05, 4.69) is 17.2 Å². The third kappa shape index (κ3) is 3.26. The minimum Gasteiger partial charge on any atom is -0.467 e. The predicted molar refractivity (Wildman–Crippen MR) is 80.7 cm³/mol. The summed E-state index contributed by atoms with van der Waals surface area (Å²) >= 11 is 1.65. The maximum Gasteiger partial charge on any atom is 0.133 e. The first-order chi connectivity index (χ1) is 9.67. The summed E-state index contributed by atoms with van der Waals surface area (Å²) in [5.74, 6) is 1.72. The number of aryl methyl sites for hydroxylation is 1. The molecule has 0 aliphatic carbocycles. The van der Waals surface area contributed by atoms with Gasteiger partial charge in [0.05, 0.1) is 12.9 Å². The third-order valence-electron chi connectivity index (χ3n) is 3.41. The van der Waals surface area contributed by atoms with Crippen LogP contribution in [0.3, 0.4) is 0 Å². The highest BCUT2D eigenvalue weighted by Crippen LogP contribution is 2.23. The van der Waals surface area contributed by atoms with Gasteiger partial charge in [0.1, 0.15) is 17.6 Å². The van der Waals surface area contributed by atoms with E-state index in [1.807, 2.05) is 36.2 Å². The third-order valence-corrected chi connectivity index (χ3v) is 4.58. The molecule has 0 aliphatic heterocycles. The number of hydrogen-bond acceptors (Lipinski definition) is 5. The predicted octanol–water partition coefficient (Wildman–Crippen LogP) is 1.80. The molecule has 0 amide bonds. The Hall–Kier alpha value is -1.24. The Kier molecular flexibility index (Phi) is 5.28. The van der Waals surface area contributed by atoms with Crippen LogP contribution in [-0.4, -0.2) is 38.8 Å². The van der Waals surface area contributed by atoms with Crippen LogP contribution in [0, 0.1) is 0 Å². The molecule has 2 N–H and O–H groups in total. The fourth-order valence-electron chi connectivity index (χ4n) is 2.20. The van der Waals surface area contributed by atoms with E-state index in [0.717, 1.165) is 11.6 Å². The molecular weight excluding hydrogens is 274 g/mol. The Morgan fingerprint density at radius 2 is 2.35 bits per heavy atom. The lowest BCUT2D eigenvalue weighted by Crippen LogP contribution is -2.40. The van der Waals surface area contributed by atoms with Gasteiger partial charge in [-0.25, -0.2) is 4.98 Å². The standard InChI is InChI=1S/C14H21N3O2S/c1-10(12(9-18)20-3)16-13(11-5-4-8-19-11)14-15-6-7-17(14)2/h4-8,10,12-13,16,18H,9H2,1-3H3. The molecule has 3 atom stereocenters. The quantitative estimate of drug-likeness (QED) is 0.815. The van der Waals surface area contributed by atoms with E-state index in [-0.39, 0.29) is 23.9 Å². The molecule has 2 aromatic rings. The van der Waals surface area contributed by atoms with Gasteiger partial charge in [0.2, 0.25) is 0 Å². The van der Waals surface area contributed by atoms with Crippen molar-refractivity contribution < 1.29 is 9.52 Å². The van der Waals surface area contributed by atoms with Crippen molar-refractivity contribution in [2.75, 3.05) is 12.9 Å². The number of aromatic nitrogens is 2. The summed E-state index contributed by atoms with van der Waals surface area (Å²) in [5, 5.41) is 13.1. The van der Waals surface area contributed by atoms with Gasteiger partial charge in [0.15, 0.2) is 0 Å². The minimum atomic E-state index is -0.124. The second-order valence-corrected chi connectivity index (χ2v) is 5.83. The zero-order chi connectivity index (χ0) is 14.5. The Morgan fingerprint density at radius 1 is 1.55 bits per heavy atom. The molecule has 0 bridgehead atoms. The molecule has 0 spiro atoms. The zero-order valence-corrected chi connectivity index (χ0v) is 12.8. The summed E-state index contributed by atoms with van der Waals surface area (Å²) in [7, 11) is 1.96. The SMILES string of the molecule is CSC(CO)C(C)NC(c1ccco1)c1nccn1C. The lowest BCUT2D eigenvalue weighted by Gasteiger charge is -2.26. The van der Waals surface area contributed by atoms with E-state index in [1.165, 1.54) is 0 Å². The van der Waals surface area contributed by atoms with Crippen LogP contribution < -0.4 is 5.32 Å². The van der Waals surface area contributed by atoms with Gasteiger partial charge in [0.25, 0.3) is 0 Å². The van der Waals surface area contributed by atoms with Crippen LogP contribution in [0.2, 0.25) is 0 Å². The van der Waals surface area contributed by atoms with Gasteiger partial charge in [-0.15, -0.1) is 0 Å². The molecule has 0 radical (unpaired) electrons. The smallest absolute Gasteiger partial charge is 0.133 e. The molecule has 0 saturated heterocycles. The average molecular weight is 295 g/mol. The molecule has 6 heteroatoms. The highest BCUT2D eigenvalue weighted by molar-refractivity contribution is 7.99. The number of imidazole rings is 1. The number of furan rings is 1. The first-order valence-corrected chi connectivity index (χ1v) is 7.86. The van der Waals surface area contributed by atoms with Crippen molar-refractivity contribution in [3.8, 4) is 0 Å². The molecule has 2 aromatic heterocycles. The highest BCUT2D eigenvalue weighted by atomic mass is 32.2. The number of nitrogens with one attached hydrogen (secondary N) is 1. The maximum absolute atomic E-state index is 9.42. The molecule has 0 aliphatic rings. The molecule has 2 rings (SSSR count). The fraction of sp³-hybridized carbons (Fsp3) is 0.500. The van der Waals surface area contributed by atoms with Crippen molar-refractivity contribution in [1.82, 2.24) is 14.9 Å². The second kappa shape index (κ2) is 6.97. The van der Waals surface area contributed by atoms with Crippen LogP contribution in [0.5, 0.6) is 0 Å². The first-order valence-electron chi connectivity index (χ1n) is 6.57. The molecule has 0 saturated carbocycles. The second-order valence-electron chi connectivity index (χ2n) is 4.76. The van der Waals surface area contributed by atoms with Crippen LogP contribution in [0.4, 0.5) is 0 Å². The first kappa shape index (κ1) is 15.2. The van der Waals surface area contributed by atoms with Gasteiger partial charge >= 0.3 is 0 Å². The summed E-state index contributed by atoms with van der Waals surface area (Å²) in [4.78, 5) is 4.41. The molecule has 110 valence electrons. The number of aliphatic hydroxyl groups is 1. The molecule has 0 aromatic carbocycles. The fourth-order valence-corrected chi connectivity index (χ4v) is 2.84. The van der Waals surface area contributed by atoms with Gasteiger partial charge in [-0.3, -0.25) is 5.32 Å². The van der Waals surface area contributed by atoms with Gasteiger partial charge in [-0.1, -0.05) is 0 Å². The van der Waals surface area contributed by atoms with Crippen molar-refractivity contribution in [1.29, 1.82) is 0 Å². The molecule has 20 heavy (non-hydrogen) atoms. The largest absolute Gasteiger partial charge is 0.467 e. The normalized spacial score (nSPS) is 16.0. The van der Waals surface area contributed by atoms with Gasteiger partial charge < -0.3 is 14.1 Å². The summed E-state index contributed by atoms with van der Waals surface area (Å²) in [6.07, 6.45) is 7.35. The van der Waals surface area contributed by atoms with Gasteiger partial charge in [0, 0.05) is 30.7 Å². The minimum absolute atomic E-state index is 0.124. The van der Waals surface area contributed by atoms with Crippen LogP contribution in [0.25, 0.3) is 0 Å². The van der Waals surface area contributed by atoms with Crippen LogP contribution in [0.1, 0.15) is 24.6 Å². The zero-order valence-electron chi connectivity index (χ0n) is 12.0. The van der Waals surface area contributed by atoms with E-state index in [0.29, 0.717) is 0 Å². The molecule has 0 fully saturated rings. The van der Waals surface area contributed by atoms with E-state index < -0.39 is 0 Å². The number of nitrogens with zero attached hydrogens (tertiary/aromatic N) is 2. The van der Waals surface area contributed by atoms with E-state index in [9.17, 15) is 5.11 Å². The van der Waals surface area contributed by atoms with Crippen LogP contribution in [0.15, 0.2) is 35.2 Å².